The van der Waals surface area contributed by atoms with E-state index in [-0.39, 0.29) is 11.1 Å². The Bertz CT molecular complexity index is 632. The molecule has 8 nitrogen and oxygen atoms in total. The van der Waals surface area contributed by atoms with Crippen LogP contribution in [-0.2, 0) is 19.0 Å². The molecular formula is C14H12O8. The normalized spacial score (nSPS) is 9.50. The van der Waals surface area contributed by atoms with E-state index in [1.807, 2.05) is 0 Å². The number of carbonyl (C=O) groups is 4. The van der Waals surface area contributed by atoms with Crippen molar-refractivity contribution in [3.8, 4) is 0 Å². The molecule has 0 spiro atoms. The summed E-state index contributed by atoms with van der Waals surface area (Å²) < 4.78 is 13.0. The van der Waals surface area contributed by atoms with E-state index >= 15 is 0 Å². The van der Waals surface area contributed by atoms with Gasteiger partial charge in [0.1, 0.15) is 0 Å². The van der Waals surface area contributed by atoms with Crippen LogP contribution in [0.15, 0.2) is 30.9 Å². The molecule has 0 amide bonds. The van der Waals surface area contributed by atoms with Gasteiger partial charge in [0.05, 0.1) is 11.1 Å². The Labute approximate surface area is 124 Å². The fourth-order valence-electron chi connectivity index (χ4n) is 1.37. The van der Waals surface area contributed by atoms with Crippen molar-refractivity contribution in [1.82, 2.24) is 0 Å². The summed E-state index contributed by atoms with van der Waals surface area (Å²) in [5, 5.41) is 9.01. The highest BCUT2D eigenvalue weighted by atomic mass is 16.8. The third-order valence-electron chi connectivity index (χ3n) is 2.35. The van der Waals surface area contributed by atoms with Gasteiger partial charge < -0.3 is 19.3 Å². The smallest absolute Gasteiger partial charge is 0.478 e. The summed E-state index contributed by atoms with van der Waals surface area (Å²) in [5.41, 5.74) is 0.00175. The largest absolute Gasteiger partial charge is 0.519 e. The summed E-state index contributed by atoms with van der Waals surface area (Å²) in [6.07, 6.45) is -0.579. The van der Waals surface area contributed by atoms with Gasteiger partial charge in [-0.2, -0.15) is 0 Å². The van der Waals surface area contributed by atoms with Crippen LogP contribution in [0.1, 0.15) is 26.3 Å². The SMILES string of the molecule is C=CC(=O)OCOC(=O)OC(=O)c1ccc(C)cc1C(=O)O. The second kappa shape index (κ2) is 7.58. The van der Waals surface area contributed by atoms with Crippen LogP contribution in [0.3, 0.4) is 0 Å². The minimum atomic E-state index is -1.43. The molecule has 0 fully saturated rings. The molecule has 0 saturated heterocycles. The minimum absolute atomic E-state index is 0.307. The van der Waals surface area contributed by atoms with Crippen LogP contribution in [0.5, 0.6) is 0 Å². The van der Waals surface area contributed by atoms with E-state index < -0.39 is 30.9 Å². The predicted molar refractivity (Wildman–Crippen MR) is 71.2 cm³/mol. The maximum absolute atomic E-state index is 11.7. The van der Waals surface area contributed by atoms with Crippen molar-refractivity contribution in [2.45, 2.75) is 6.92 Å². The van der Waals surface area contributed by atoms with Crippen LogP contribution in [0, 0.1) is 6.92 Å². The van der Waals surface area contributed by atoms with Gasteiger partial charge in [0.2, 0.25) is 6.79 Å². The van der Waals surface area contributed by atoms with Gasteiger partial charge >= 0.3 is 24.1 Å². The number of aromatic carboxylic acids is 1. The number of carboxylic acids is 1. The third-order valence-corrected chi connectivity index (χ3v) is 2.35. The number of benzene rings is 1. The number of carbonyl (C=O) groups excluding carboxylic acids is 3. The van der Waals surface area contributed by atoms with E-state index in [0.29, 0.717) is 5.56 Å². The Hall–Kier alpha value is -3.16. The summed E-state index contributed by atoms with van der Waals surface area (Å²) in [4.78, 5) is 44.7. The Morgan fingerprint density at radius 3 is 2.45 bits per heavy atom. The first-order chi connectivity index (χ1) is 10.3. The van der Waals surface area contributed by atoms with Gasteiger partial charge in [0, 0.05) is 6.08 Å². The van der Waals surface area contributed by atoms with Gasteiger partial charge in [-0.25, -0.2) is 19.2 Å². The summed E-state index contributed by atoms with van der Waals surface area (Å²) >= 11 is 0. The van der Waals surface area contributed by atoms with E-state index in [9.17, 15) is 19.2 Å². The number of aryl methyl sites for hydroxylation is 1. The molecular weight excluding hydrogens is 296 g/mol. The lowest BCUT2D eigenvalue weighted by atomic mass is 10.0. The molecule has 22 heavy (non-hydrogen) atoms. The summed E-state index contributed by atoms with van der Waals surface area (Å²) in [5.74, 6) is -3.37. The van der Waals surface area contributed by atoms with Gasteiger partial charge in [-0.05, 0) is 19.1 Å². The molecule has 0 radical (unpaired) electrons. The van der Waals surface area contributed by atoms with Gasteiger partial charge in [-0.1, -0.05) is 18.2 Å². The van der Waals surface area contributed by atoms with Crippen molar-refractivity contribution in [2.75, 3.05) is 6.79 Å². The second-order valence-corrected chi connectivity index (χ2v) is 3.92. The van der Waals surface area contributed by atoms with E-state index in [0.717, 1.165) is 6.08 Å². The van der Waals surface area contributed by atoms with Gasteiger partial charge in [-0.15, -0.1) is 0 Å². The fraction of sp³-hybridized carbons (Fsp3) is 0.143. The van der Waals surface area contributed by atoms with Gasteiger partial charge in [-0.3, -0.25) is 0 Å². The average molecular weight is 308 g/mol. The van der Waals surface area contributed by atoms with Crippen LogP contribution < -0.4 is 0 Å². The molecule has 0 bridgehead atoms. The summed E-state index contributed by atoms with van der Waals surface area (Å²) in [7, 11) is 0. The molecule has 1 aromatic carbocycles. The molecule has 0 atom stereocenters. The first kappa shape index (κ1) is 16.9. The van der Waals surface area contributed by atoms with E-state index in [2.05, 4.69) is 20.8 Å². The Kier molecular flexibility index (Phi) is 5.82. The molecule has 1 N–H and O–H groups in total. The maximum atomic E-state index is 11.7. The quantitative estimate of drug-likeness (QED) is 0.378. The summed E-state index contributed by atoms with van der Waals surface area (Å²) in [6.45, 7) is 4.00. The van der Waals surface area contributed by atoms with Crippen molar-refractivity contribution in [1.29, 1.82) is 0 Å². The lowest BCUT2D eigenvalue weighted by Gasteiger charge is -2.07. The highest BCUT2D eigenvalue weighted by Crippen LogP contribution is 2.13. The molecule has 1 rings (SSSR count). The number of esters is 2. The second-order valence-electron chi connectivity index (χ2n) is 3.92. The maximum Gasteiger partial charge on any atom is 0.519 e. The zero-order valence-electron chi connectivity index (χ0n) is 11.5. The highest BCUT2D eigenvalue weighted by Gasteiger charge is 2.21. The van der Waals surface area contributed by atoms with Crippen LogP contribution in [0.4, 0.5) is 4.79 Å². The lowest BCUT2D eigenvalue weighted by molar-refractivity contribution is -0.146. The number of hydrogen-bond donors (Lipinski definition) is 1. The average Bonchev–Trinajstić information content (AvgIpc) is 2.46. The minimum Gasteiger partial charge on any atom is -0.478 e. The zero-order chi connectivity index (χ0) is 16.7. The molecule has 0 aromatic heterocycles. The zero-order valence-corrected chi connectivity index (χ0v) is 11.5. The van der Waals surface area contributed by atoms with Crippen molar-refractivity contribution in [3.05, 3.63) is 47.5 Å². The van der Waals surface area contributed by atoms with Crippen LogP contribution in [0.2, 0.25) is 0 Å². The summed E-state index contributed by atoms with van der Waals surface area (Å²) in [6, 6.07) is 3.96. The van der Waals surface area contributed by atoms with Crippen LogP contribution in [0.25, 0.3) is 0 Å². The molecule has 0 aliphatic rings. The highest BCUT2D eigenvalue weighted by molar-refractivity contribution is 6.04. The Morgan fingerprint density at radius 1 is 1.18 bits per heavy atom. The number of ether oxygens (including phenoxy) is 3. The topological polar surface area (TPSA) is 116 Å². The Morgan fingerprint density at radius 2 is 1.86 bits per heavy atom. The first-order valence-electron chi connectivity index (χ1n) is 5.87. The predicted octanol–water partition coefficient (Wildman–Crippen LogP) is 1.67. The van der Waals surface area contributed by atoms with Crippen LogP contribution >= 0.6 is 0 Å². The van der Waals surface area contributed by atoms with Crippen molar-refractivity contribution in [2.24, 2.45) is 0 Å². The van der Waals surface area contributed by atoms with E-state index in [1.165, 1.54) is 18.2 Å². The number of rotatable bonds is 5. The van der Waals surface area contributed by atoms with Crippen molar-refractivity contribution in [3.63, 3.8) is 0 Å². The Balaban J connectivity index is 2.69. The van der Waals surface area contributed by atoms with Gasteiger partial charge in [0.15, 0.2) is 0 Å². The lowest BCUT2D eigenvalue weighted by Crippen LogP contribution is -2.18. The number of carboxylic acid groups (broad SMARTS) is 1. The van der Waals surface area contributed by atoms with E-state index in [1.54, 1.807) is 6.92 Å². The molecule has 0 heterocycles. The molecule has 1 aromatic rings. The first-order valence-corrected chi connectivity index (χ1v) is 5.87. The third kappa shape index (κ3) is 4.75. The van der Waals surface area contributed by atoms with Crippen LogP contribution in [-0.4, -0.2) is 36.0 Å². The molecule has 0 saturated carbocycles. The fourth-order valence-corrected chi connectivity index (χ4v) is 1.37. The molecule has 0 aliphatic heterocycles. The van der Waals surface area contributed by atoms with Gasteiger partial charge in [0.25, 0.3) is 0 Å². The molecule has 0 unspecified atom stereocenters. The standard InChI is InChI=1S/C14H12O8/c1-3-11(15)20-7-21-14(19)22-13(18)9-5-4-8(2)6-10(9)12(16)17/h3-6H,1,7H2,2H3,(H,16,17). The molecule has 116 valence electrons. The molecule has 8 heteroatoms. The number of hydrogen-bond acceptors (Lipinski definition) is 7. The van der Waals surface area contributed by atoms with Crippen molar-refractivity contribution < 1.29 is 38.5 Å². The monoisotopic (exact) mass is 308 g/mol. The molecule has 0 aliphatic carbocycles. The van der Waals surface area contributed by atoms with E-state index in [4.69, 9.17) is 5.11 Å². The van der Waals surface area contributed by atoms with Crippen molar-refractivity contribution >= 4 is 24.1 Å².